The van der Waals surface area contributed by atoms with Gasteiger partial charge >= 0.3 is 0 Å². The van der Waals surface area contributed by atoms with Gasteiger partial charge in [-0.05, 0) is 36.3 Å². The summed E-state index contributed by atoms with van der Waals surface area (Å²) >= 11 is 0. The molecule has 0 bridgehead atoms. The predicted octanol–water partition coefficient (Wildman–Crippen LogP) is 11.6. The molecule has 0 heterocycles. The molecular formula is C30H67NSi2. The Kier molecular flexibility index (Phi) is 23.1. The average molecular weight is 498 g/mol. The first kappa shape index (κ1) is 33.4. The van der Waals surface area contributed by atoms with Gasteiger partial charge < -0.3 is 4.65 Å². The smallest absolute Gasteiger partial charge is 0.118 e. The molecule has 0 aromatic heterocycles. The van der Waals surface area contributed by atoms with Crippen LogP contribution in [0.4, 0.5) is 0 Å². The van der Waals surface area contributed by atoms with Crippen LogP contribution in [0.15, 0.2) is 0 Å². The fourth-order valence-corrected chi connectivity index (χ4v) is 18.4. The molecule has 0 fully saturated rings. The summed E-state index contributed by atoms with van der Waals surface area (Å²) in [6, 6.07) is 8.89. The second-order valence-electron chi connectivity index (χ2n) is 11.3. The maximum atomic E-state index is 4.61. The molecule has 0 aliphatic carbocycles. The van der Waals surface area contributed by atoms with Crippen molar-refractivity contribution < 1.29 is 0 Å². The molecule has 200 valence electrons. The molecule has 1 N–H and O–H groups in total. The molecule has 0 radical (unpaired) electrons. The van der Waals surface area contributed by atoms with E-state index in [1.165, 1.54) is 140 Å². The highest BCUT2D eigenvalue weighted by Crippen LogP contribution is 2.29. The molecule has 3 heteroatoms. The first-order chi connectivity index (χ1) is 16.1. The van der Waals surface area contributed by atoms with Crippen molar-refractivity contribution in [2.24, 2.45) is 0 Å². The van der Waals surface area contributed by atoms with Gasteiger partial charge in [-0.15, -0.1) is 0 Å². The fourth-order valence-electron chi connectivity index (χ4n) is 5.80. The van der Waals surface area contributed by atoms with Gasteiger partial charge in [0.1, 0.15) is 16.5 Å². The Hall–Kier alpha value is 0.394. The zero-order valence-corrected chi connectivity index (χ0v) is 26.5. The van der Waals surface area contributed by atoms with E-state index in [9.17, 15) is 0 Å². The molecule has 0 aliphatic heterocycles. The molecule has 0 aromatic carbocycles. The summed E-state index contributed by atoms with van der Waals surface area (Å²) in [5.41, 5.74) is 0. The summed E-state index contributed by atoms with van der Waals surface area (Å²) in [6.07, 6.45) is 26.3. The maximum absolute atomic E-state index is 4.61. The van der Waals surface area contributed by atoms with Crippen molar-refractivity contribution in [3.05, 3.63) is 0 Å². The minimum Gasteiger partial charge on any atom is -0.359 e. The van der Waals surface area contributed by atoms with Gasteiger partial charge in [0.2, 0.25) is 0 Å². The van der Waals surface area contributed by atoms with Gasteiger partial charge in [0.05, 0.1) is 0 Å². The summed E-state index contributed by atoms with van der Waals surface area (Å²) < 4.78 is 4.61. The van der Waals surface area contributed by atoms with E-state index in [1.54, 1.807) is 12.1 Å². The highest BCUT2D eigenvalue weighted by Gasteiger charge is 2.38. The van der Waals surface area contributed by atoms with E-state index < -0.39 is 16.5 Å². The van der Waals surface area contributed by atoms with Crippen LogP contribution in [0.2, 0.25) is 36.3 Å². The second kappa shape index (κ2) is 22.8. The summed E-state index contributed by atoms with van der Waals surface area (Å²) in [7, 11) is -2.58. The van der Waals surface area contributed by atoms with Crippen molar-refractivity contribution in [2.75, 3.05) is 0 Å². The van der Waals surface area contributed by atoms with Gasteiger partial charge in [0.25, 0.3) is 0 Å². The van der Waals surface area contributed by atoms with Crippen molar-refractivity contribution in [1.29, 1.82) is 0 Å². The van der Waals surface area contributed by atoms with E-state index in [-0.39, 0.29) is 0 Å². The number of unbranched alkanes of at least 4 members (excludes halogenated alkanes) is 16. The normalized spacial score (nSPS) is 12.5. The molecule has 0 atom stereocenters. The van der Waals surface area contributed by atoms with Gasteiger partial charge in [0, 0.05) is 0 Å². The van der Waals surface area contributed by atoms with Gasteiger partial charge in [-0.2, -0.15) is 0 Å². The van der Waals surface area contributed by atoms with E-state index in [0.717, 1.165) is 0 Å². The van der Waals surface area contributed by atoms with Crippen molar-refractivity contribution in [1.82, 2.24) is 4.65 Å². The van der Waals surface area contributed by atoms with Crippen LogP contribution in [0.1, 0.15) is 157 Å². The minimum atomic E-state index is -1.29. The Morgan fingerprint density at radius 3 is 0.818 bits per heavy atom. The Morgan fingerprint density at radius 2 is 0.576 bits per heavy atom. The zero-order chi connectivity index (χ0) is 24.7. The van der Waals surface area contributed by atoms with E-state index in [4.69, 9.17) is 0 Å². The van der Waals surface area contributed by atoms with Crippen molar-refractivity contribution in [3.63, 3.8) is 0 Å². The van der Waals surface area contributed by atoms with Crippen LogP contribution in [-0.2, 0) is 0 Å². The minimum absolute atomic E-state index is 1.29. The lowest BCUT2D eigenvalue weighted by Crippen LogP contribution is -2.63. The summed E-state index contributed by atoms with van der Waals surface area (Å²) in [5.74, 6) is 0. The first-order valence-electron chi connectivity index (χ1n) is 15.9. The lowest BCUT2D eigenvalue weighted by molar-refractivity contribution is 0.570. The van der Waals surface area contributed by atoms with Crippen molar-refractivity contribution in [3.8, 4) is 0 Å². The van der Waals surface area contributed by atoms with Crippen LogP contribution in [0.25, 0.3) is 0 Å². The Balaban J connectivity index is 4.36. The molecule has 0 aliphatic rings. The lowest BCUT2D eigenvalue weighted by Gasteiger charge is -2.42. The van der Waals surface area contributed by atoms with E-state index >= 15 is 0 Å². The van der Waals surface area contributed by atoms with Crippen molar-refractivity contribution in [2.45, 2.75) is 193 Å². The predicted molar refractivity (Wildman–Crippen MR) is 161 cm³/mol. The molecule has 0 amide bonds. The second-order valence-corrected chi connectivity index (χ2v) is 21.2. The average Bonchev–Trinajstić information content (AvgIpc) is 2.85. The van der Waals surface area contributed by atoms with Crippen LogP contribution in [0, 0.1) is 0 Å². The molecule has 33 heavy (non-hydrogen) atoms. The number of hydrogen-bond donors (Lipinski definition) is 1. The van der Waals surface area contributed by atoms with Crippen molar-refractivity contribution >= 4 is 16.5 Å². The first-order valence-corrected chi connectivity index (χ1v) is 21.1. The monoisotopic (exact) mass is 497 g/mol. The van der Waals surface area contributed by atoms with Crippen LogP contribution < -0.4 is 4.65 Å². The van der Waals surface area contributed by atoms with Gasteiger partial charge in [-0.1, -0.05) is 157 Å². The molecule has 0 spiro atoms. The van der Waals surface area contributed by atoms with Gasteiger partial charge in [-0.3, -0.25) is 0 Å². The van der Waals surface area contributed by atoms with Gasteiger partial charge in [0.15, 0.2) is 0 Å². The Labute approximate surface area is 214 Å². The topological polar surface area (TPSA) is 12.0 Å². The lowest BCUT2D eigenvalue weighted by atomic mass is 10.1. The standard InChI is InChI=1S/C30H67NSi2/c1-7-13-15-17-19-21-23-25-27-29-32(9-3,10-4)31-33(11-5,12-6)30-28-26-24-22-20-18-16-14-8-2/h31H,7-30H2,1-6H3. The third-order valence-electron chi connectivity index (χ3n) is 8.76. The highest BCUT2D eigenvalue weighted by atomic mass is 28.4. The Morgan fingerprint density at radius 1 is 0.333 bits per heavy atom. The number of hydrogen-bond acceptors (Lipinski definition) is 1. The van der Waals surface area contributed by atoms with E-state index in [1.807, 2.05) is 0 Å². The molecule has 0 saturated heterocycles. The number of rotatable bonds is 26. The van der Waals surface area contributed by atoms with Crippen LogP contribution in [0.3, 0.4) is 0 Å². The van der Waals surface area contributed by atoms with E-state index in [0.29, 0.717) is 0 Å². The molecule has 0 saturated carbocycles. The van der Waals surface area contributed by atoms with Crippen LogP contribution in [0.5, 0.6) is 0 Å². The quantitative estimate of drug-likeness (QED) is 0.0925. The molecule has 1 nitrogen and oxygen atoms in total. The highest BCUT2D eigenvalue weighted by molar-refractivity contribution is 6.93. The zero-order valence-electron chi connectivity index (χ0n) is 24.5. The summed E-state index contributed by atoms with van der Waals surface area (Å²) in [4.78, 5) is 0. The maximum Gasteiger partial charge on any atom is 0.118 e. The molecule has 0 rings (SSSR count). The number of nitrogens with one attached hydrogen (secondary N) is 1. The van der Waals surface area contributed by atoms with Crippen LogP contribution in [-0.4, -0.2) is 16.5 Å². The SMILES string of the molecule is CCCCCCCCCCC[Si](CC)(CC)N[Si](CC)(CC)CCCCCCCCCCC. The molecule has 0 aromatic rings. The third kappa shape index (κ3) is 16.7. The summed E-state index contributed by atoms with van der Waals surface area (Å²) in [6.45, 7) is 14.7. The Bertz CT molecular complexity index is 355. The van der Waals surface area contributed by atoms with Crippen LogP contribution >= 0.6 is 0 Å². The summed E-state index contributed by atoms with van der Waals surface area (Å²) in [5, 5.41) is 0. The van der Waals surface area contributed by atoms with Gasteiger partial charge in [-0.25, -0.2) is 0 Å². The molecular weight excluding hydrogens is 431 g/mol. The largest absolute Gasteiger partial charge is 0.359 e. The third-order valence-corrected chi connectivity index (χ3v) is 21.0. The fraction of sp³-hybridized carbons (Fsp3) is 1.00. The molecule has 0 unspecified atom stereocenters. The van der Waals surface area contributed by atoms with E-state index in [2.05, 4.69) is 46.2 Å².